The molecule has 178 valence electrons. The molecule has 2 unspecified atom stereocenters. The fourth-order valence-corrected chi connectivity index (χ4v) is 10.4. The molecule has 0 radical (unpaired) electrons. The number of thioether (sulfide) groups is 3. The molecule has 7 nitrogen and oxygen atoms in total. The van der Waals surface area contributed by atoms with Gasteiger partial charge in [-0.2, -0.15) is 11.8 Å². The number of thiol groups is 1. The van der Waals surface area contributed by atoms with E-state index in [4.69, 9.17) is 12.2 Å². The summed E-state index contributed by atoms with van der Waals surface area (Å²) in [6.45, 7) is 0. The molecule has 12 heteroatoms. The van der Waals surface area contributed by atoms with Crippen LogP contribution in [0.15, 0.2) is 47.4 Å². The first-order valence-electron chi connectivity index (χ1n) is 9.87. The van der Waals surface area contributed by atoms with Gasteiger partial charge in [0, 0.05) is 28.0 Å². The fraction of sp³-hybridized carbons (Fsp3) is 0.333. The number of nitrogens with one attached hydrogen (secondary N) is 3. The predicted molar refractivity (Wildman–Crippen MR) is 150 cm³/mol. The minimum absolute atomic E-state index is 0.00523. The molecule has 3 N–H and O–H groups in total. The Balaban J connectivity index is 1.69. The Morgan fingerprint density at radius 1 is 1.15 bits per heavy atom. The number of carbonyl (C=O) groups excluding carboxylic acids is 1. The molecular formula is C21H26N4O3S5. The molecule has 2 aromatic rings. The highest BCUT2D eigenvalue weighted by atomic mass is 32.2. The number of hydrogen-bond donors (Lipinski definition) is 4. The molecule has 2 aromatic carbocycles. The van der Waals surface area contributed by atoms with Crippen molar-refractivity contribution in [1.29, 1.82) is 0 Å². The Kier molecular flexibility index (Phi) is 8.84. The van der Waals surface area contributed by atoms with Crippen molar-refractivity contribution >= 4 is 80.8 Å². The number of amides is 1. The number of anilines is 1. The summed E-state index contributed by atoms with van der Waals surface area (Å²) in [5, 5.41) is 14.2. The molecule has 33 heavy (non-hydrogen) atoms. The van der Waals surface area contributed by atoms with Gasteiger partial charge in [-0.05, 0) is 84.5 Å². The van der Waals surface area contributed by atoms with Gasteiger partial charge in [-0.1, -0.05) is 0 Å². The van der Waals surface area contributed by atoms with Crippen molar-refractivity contribution in [3.63, 3.8) is 0 Å². The highest BCUT2D eigenvalue weighted by molar-refractivity contribution is 8.27. The largest absolute Gasteiger partial charge is 0.331 e. The Labute approximate surface area is 214 Å². The lowest BCUT2D eigenvalue weighted by molar-refractivity contribution is -0.384. The lowest BCUT2D eigenvalue weighted by Gasteiger charge is -2.45. The summed E-state index contributed by atoms with van der Waals surface area (Å²) >= 11 is 11.1. The van der Waals surface area contributed by atoms with Gasteiger partial charge >= 0.3 is 0 Å². The van der Waals surface area contributed by atoms with E-state index in [0.717, 1.165) is 12.1 Å². The van der Waals surface area contributed by atoms with E-state index in [2.05, 4.69) is 53.3 Å². The van der Waals surface area contributed by atoms with Gasteiger partial charge in [0.05, 0.1) is 9.00 Å². The van der Waals surface area contributed by atoms with E-state index in [1.807, 2.05) is 41.4 Å². The highest BCUT2D eigenvalue weighted by Crippen LogP contribution is 2.62. The van der Waals surface area contributed by atoms with Crippen LogP contribution >= 0.6 is 58.4 Å². The molecule has 0 aromatic heterocycles. The van der Waals surface area contributed by atoms with Gasteiger partial charge in [-0.25, -0.2) is 10.9 Å². The molecule has 0 saturated heterocycles. The Bertz CT molecular complexity index is 1050. The van der Waals surface area contributed by atoms with Crippen molar-refractivity contribution < 1.29 is 9.72 Å². The van der Waals surface area contributed by atoms with E-state index in [1.54, 1.807) is 0 Å². The van der Waals surface area contributed by atoms with Crippen molar-refractivity contribution in [2.45, 2.75) is 20.0 Å². The van der Waals surface area contributed by atoms with E-state index < -0.39 is 10.8 Å². The van der Waals surface area contributed by atoms with Crippen LogP contribution in [0.25, 0.3) is 0 Å². The zero-order valence-electron chi connectivity index (χ0n) is 18.6. The summed E-state index contributed by atoms with van der Waals surface area (Å²) in [6, 6.07) is 11.8. The summed E-state index contributed by atoms with van der Waals surface area (Å²) in [5.74, 6) is -0.442. The number of non-ortho nitro benzene ring substituents is 1. The van der Waals surface area contributed by atoms with Crippen molar-refractivity contribution in [1.82, 2.24) is 10.9 Å². The van der Waals surface area contributed by atoms with E-state index in [-0.39, 0.29) is 31.3 Å². The number of hydrazine groups is 1. The van der Waals surface area contributed by atoms with Crippen molar-refractivity contribution in [2.75, 3.05) is 30.3 Å². The van der Waals surface area contributed by atoms with Crippen LogP contribution < -0.4 is 16.2 Å². The summed E-state index contributed by atoms with van der Waals surface area (Å²) in [4.78, 5) is 24.0. The number of thiocarbonyl (C=S) groups is 1. The molecule has 1 amide bonds. The second-order valence-electron chi connectivity index (χ2n) is 7.24. The number of nitrogens with zero attached hydrogens (tertiary/aromatic N) is 1. The average Bonchev–Trinajstić information content (AvgIpc) is 2.83. The second-order valence-corrected chi connectivity index (χ2v) is 13.8. The highest BCUT2D eigenvalue weighted by Gasteiger charge is 2.41. The van der Waals surface area contributed by atoms with Crippen LogP contribution in [0.4, 0.5) is 11.4 Å². The van der Waals surface area contributed by atoms with Gasteiger partial charge in [-0.15, -0.1) is 23.5 Å². The fourth-order valence-electron chi connectivity index (χ4n) is 3.65. The number of nitro groups is 1. The number of benzene rings is 2. The SMILES string of the molecule is CSC1CC(SC)(SC)c2cc(NC(=S)NNC(=O)c3ccc([N+](=O)[O-])cc3)ccc2[SH]1C. The predicted octanol–water partition coefficient (Wildman–Crippen LogP) is 5.19. The maximum atomic E-state index is 12.3. The maximum Gasteiger partial charge on any atom is 0.269 e. The zero-order valence-corrected chi connectivity index (χ0v) is 22.7. The van der Waals surface area contributed by atoms with Crippen molar-refractivity contribution in [3.8, 4) is 0 Å². The van der Waals surface area contributed by atoms with Crippen LogP contribution in [-0.4, -0.2) is 45.5 Å². The Morgan fingerprint density at radius 2 is 1.82 bits per heavy atom. The van der Waals surface area contributed by atoms with Gasteiger partial charge in [-0.3, -0.25) is 25.8 Å². The van der Waals surface area contributed by atoms with E-state index >= 15 is 0 Å². The zero-order chi connectivity index (χ0) is 24.2. The molecule has 0 fully saturated rings. The van der Waals surface area contributed by atoms with Crippen LogP contribution in [0.3, 0.4) is 0 Å². The first kappa shape index (κ1) is 26.0. The minimum Gasteiger partial charge on any atom is -0.331 e. The molecule has 0 aliphatic carbocycles. The quantitative estimate of drug-likeness (QED) is 0.129. The minimum atomic E-state index is -0.510. The molecule has 2 atom stereocenters. The number of nitro benzene ring substituents is 1. The smallest absolute Gasteiger partial charge is 0.269 e. The molecule has 1 aliphatic rings. The summed E-state index contributed by atoms with van der Waals surface area (Å²) in [6.07, 6.45) is 10.0. The first-order chi connectivity index (χ1) is 15.7. The molecule has 1 aliphatic heterocycles. The summed E-state index contributed by atoms with van der Waals surface area (Å²) in [5.41, 5.74) is 7.62. The third-order valence-corrected chi connectivity index (χ3v) is 13.3. The molecule has 0 bridgehead atoms. The van der Waals surface area contributed by atoms with Crippen molar-refractivity contribution in [2.24, 2.45) is 0 Å². The third-order valence-electron chi connectivity index (χ3n) is 5.48. The Hall–Kier alpha value is -1.60. The summed E-state index contributed by atoms with van der Waals surface area (Å²) in [7, 11) is -0.260. The van der Waals surface area contributed by atoms with Gasteiger partial charge in [0.25, 0.3) is 11.6 Å². The molecule has 1 heterocycles. The monoisotopic (exact) mass is 542 g/mol. The van der Waals surface area contributed by atoms with Crippen molar-refractivity contribution in [3.05, 3.63) is 63.7 Å². The van der Waals surface area contributed by atoms with Gasteiger partial charge in [0.2, 0.25) is 0 Å². The number of rotatable bonds is 6. The van der Waals surface area contributed by atoms with Crippen LogP contribution in [0.1, 0.15) is 22.3 Å². The normalized spacial score (nSPS) is 19.8. The van der Waals surface area contributed by atoms with E-state index in [9.17, 15) is 14.9 Å². The van der Waals surface area contributed by atoms with E-state index in [0.29, 0.717) is 4.58 Å². The number of fused-ring (bicyclic) bond motifs is 1. The van der Waals surface area contributed by atoms with Crippen LogP contribution in [-0.2, 0) is 4.08 Å². The number of hydrogen-bond acceptors (Lipinski definition) is 7. The van der Waals surface area contributed by atoms with Crippen LogP contribution in [0, 0.1) is 10.1 Å². The number of carbonyl (C=O) groups is 1. The lowest BCUT2D eigenvalue weighted by Crippen LogP contribution is -2.43. The topological polar surface area (TPSA) is 96.3 Å². The Morgan fingerprint density at radius 3 is 2.39 bits per heavy atom. The van der Waals surface area contributed by atoms with Gasteiger partial charge in [0.1, 0.15) is 0 Å². The van der Waals surface area contributed by atoms with Gasteiger partial charge in [0.15, 0.2) is 5.11 Å². The van der Waals surface area contributed by atoms with E-state index in [1.165, 1.54) is 34.7 Å². The van der Waals surface area contributed by atoms with Gasteiger partial charge < -0.3 is 5.32 Å². The molecule has 0 spiro atoms. The summed E-state index contributed by atoms with van der Waals surface area (Å²) < 4.78 is 0.623. The molecule has 3 rings (SSSR count). The average molecular weight is 543 g/mol. The molecule has 0 saturated carbocycles. The third kappa shape index (κ3) is 5.73. The standard InChI is InChI=1S/C21H26N4O3S5/c1-30-18-12-21(31-2,32-3)16-11-14(7-10-17(16)33(18)4)22-20(29)24-23-19(26)13-5-8-15(9-6-13)25(27)28/h5-11,18,33H,12H2,1-4H3,(H,23,26)(H2,22,24,29). The molecular weight excluding hydrogens is 517 g/mol. The van der Waals surface area contributed by atoms with Crippen LogP contribution in [0.2, 0.25) is 0 Å². The first-order valence-corrected chi connectivity index (χ1v) is 15.9. The maximum absolute atomic E-state index is 12.3. The second kappa shape index (κ2) is 11.2. The lowest BCUT2D eigenvalue weighted by atomic mass is 10.1. The van der Waals surface area contributed by atoms with Crippen LogP contribution in [0.5, 0.6) is 0 Å².